The fourth-order valence-electron chi connectivity index (χ4n) is 2.95. The number of aromatic nitrogens is 1. The van der Waals surface area contributed by atoms with Crippen LogP contribution in [-0.2, 0) is 12.8 Å². The van der Waals surface area contributed by atoms with Gasteiger partial charge in [0.1, 0.15) is 5.75 Å². The van der Waals surface area contributed by atoms with E-state index in [0.717, 1.165) is 42.3 Å². The van der Waals surface area contributed by atoms with Crippen LogP contribution in [0.3, 0.4) is 0 Å². The van der Waals surface area contributed by atoms with Crippen LogP contribution in [0.15, 0.2) is 23.2 Å². The van der Waals surface area contributed by atoms with E-state index in [1.54, 1.807) is 23.6 Å². The minimum Gasteiger partial charge on any atom is -0.507 e. The maximum atomic E-state index is 10.2. The number of hydrogen-bond donors (Lipinski definition) is 1. The third-order valence-corrected chi connectivity index (χ3v) is 5.36. The van der Waals surface area contributed by atoms with Crippen molar-refractivity contribution >= 4 is 28.4 Å². The first-order chi connectivity index (χ1) is 11.2. The molecule has 0 aliphatic heterocycles. The summed E-state index contributed by atoms with van der Waals surface area (Å²) in [5.41, 5.74) is 2.98. The summed E-state index contributed by atoms with van der Waals surface area (Å²) >= 11 is 1.68. The van der Waals surface area contributed by atoms with Crippen LogP contribution >= 0.6 is 11.3 Å². The molecule has 1 aromatic carbocycles. The zero-order valence-electron chi connectivity index (χ0n) is 13.7. The van der Waals surface area contributed by atoms with Gasteiger partial charge in [-0.15, -0.1) is 0 Å². The van der Waals surface area contributed by atoms with E-state index in [-0.39, 0.29) is 5.75 Å². The topological polar surface area (TPSA) is 48.7 Å². The van der Waals surface area contributed by atoms with Crippen LogP contribution in [0.5, 0.6) is 5.75 Å². The van der Waals surface area contributed by atoms with Crippen molar-refractivity contribution in [1.82, 2.24) is 4.98 Å². The van der Waals surface area contributed by atoms with E-state index < -0.39 is 0 Å². The molecule has 0 radical (unpaired) electrons. The summed E-state index contributed by atoms with van der Waals surface area (Å²) in [4.78, 5) is 12.6. The molecule has 3 rings (SSSR count). The summed E-state index contributed by atoms with van der Waals surface area (Å²) in [6, 6.07) is 5.75. The fraction of sp³-hybridized carbons (Fsp3) is 0.444. The first-order valence-electron chi connectivity index (χ1n) is 8.31. The predicted molar refractivity (Wildman–Crippen MR) is 97.7 cm³/mol. The summed E-state index contributed by atoms with van der Waals surface area (Å²) < 4.78 is 0. The minimum atomic E-state index is 0.263. The second-order valence-corrected chi connectivity index (χ2v) is 6.81. The fourth-order valence-corrected chi connectivity index (χ4v) is 3.94. The first kappa shape index (κ1) is 16.0. The van der Waals surface area contributed by atoms with Crippen LogP contribution in [-0.4, -0.2) is 29.4 Å². The highest BCUT2D eigenvalue weighted by atomic mass is 32.1. The zero-order valence-corrected chi connectivity index (χ0v) is 14.6. The average Bonchev–Trinajstić information content (AvgIpc) is 2.98. The second kappa shape index (κ2) is 7.13. The van der Waals surface area contributed by atoms with Crippen LogP contribution < -0.4 is 4.90 Å². The molecule has 0 spiro atoms. The molecular weight excluding hydrogens is 306 g/mol. The summed E-state index contributed by atoms with van der Waals surface area (Å²) in [5.74, 6) is 0.263. The Kier molecular flexibility index (Phi) is 4.96. The predicted octanol–water partition coefficient (Wildman–Crippen LogP) is 4.32. The van der Waals surface area contributed by atoms with Gasteiger partial charge in [-0.3, -0.25) is 0 Å². The van der Waals surface area contributed by atoms with Gasteiger partial charge in [0.05, 0.1) is 5.69 Å². The van der Waals surface area contributed by atoms with Crippen LogP contribution in [0.25, 0.3) is 0 Å². The number of nitrogens with zero attached hydrogens (tertiary/aromatic N) is 3. The number of phenolic OH excluding ortho intramolecular Hbond substituents is 1. The summed E-state index contributed by atoms with van der Waals surface area (Å²) in [7, 11) is 0. The van der Waals surface area contributed by atoms with Gasteiger partial charge in [0.25, 0.3) is 0 Å². The lowest BCUT2D eigenvalue weighted by atomic mass is 10.0. The Morgan fingerprint density at radius 3 is 2.74 bits per heavy atom. The maximum absolute atomic E-state index is 10.2. The molecule has 0 saturated carbocycles. The van der Waals surface area contributed by atoms with Crippen LogP contribution in [0, 0.1) is 0 Å². The quantitative estimate of drug-likeness (QED) is 0.831. The first-order valence-corrected chi connectivity index (χ1v) is 9.13. The molecule has 5 heteroatoms. The van der Waals surface area contributed by atoms with E-state index in [1.807, 2.05) is 12.1 Å². The largest absolute Gasteiger partial charge is 0.507 e. The van der Waals surface area contributed by atoms with E-state index in [9.17, 15) is 5.11 Å². The number of anilines is 1. The molecule has 23 heavy (non-hydrogen) atoms. The summed E-state index contributed by atoms with van der Waals surface area (Å²) in [6.07, 6.45) is 6.41. The van der Waals surface area contributed by atoms with Gasteiger partial charge in [0.15, 0.2) is 0 Å². The third kappa shape index (κ3) is 3.55. The molecule has 1 heterocycles. The number of benzene rings is 1. The van der Waals surface area contributed by atoms with Crippen molar-refractivity contribution in [3.05, 3.63) is 34.3 Å². The molecule has 0 unspecified atom stereocenters. The molecule has 1 aromatic heterocycles. The SMILES string of the molecule is CCN(CC)c1ccc(C=Nc2nc3c(s2)CCCC3)c(O)c1. The molecule has 1 aliphatic rings. The molecule has 1 N–H and O–H groups in total. The number of aliphatic imine (C=N–C) groups is 1. The average molecular weight is 329 g/mol. The van der Waals surface area contributed by atoms with Gasteiger partial charge in [0.2, 0.25) is 5.13 Å². The van der Waals surface area contributed by atoms with Crippen molar-refractivity contribution < 1.29 is 5.11 Å². The van der Waals surface area contributed by atoms with Crippen molar-refractivity contribution in [2.24, 2.45) is 4.99 Å². The van der Waals surface area contributed by atoms with Gasteiger partial charge >= 0.3 is 0 Å². The molecule has 0 bridgehead atoms. The van der Waals surface area contributed by atoms with Gasteiger partial charge in [0, 0.05) is 41.5 Å². The van der Waals surface area contributed by atoms with Gasteiger partial charge < -0.3 is 10.0 Å². The molecule has 1 aliphatic carbocycles. The Morgan fingerprint density at radius 1 is 1.26 bits per heavy atom. The van der Waals surface area contributed by atoms with Gasteiger partial charge in [-0.05, 0) is 51.7 Å². The minimum absolute atomic E-state index is 0.263. The molecule has 122 valence electrons. The number of fused-ring (bicyclic) bond motifs is 1. The highest BCUT2D eigenvalue weighted by Gasteiger charge is 2.14. The summed E-state index contributed by atoms with van der Waals surface area (Å²) in [6.45, 7) is 6.07. The monoisotopic (exact) mass is 329 g/mol. The smallest absolute Gasteiger partial charge is 0.209 e. The molecule has 2 aromatic rings. The number of rotatable bonds is 5. The number of thiazole rings is 1. The Balaban J connectivity index is 1.78. The molecule has 0 amide bonds. The number of aromatic hydroxyl groups is 1. The Bertz CT molecular complexity index is 681. The lowest BCUT2D eigenvalue weighted by molar-refractivity contribution is 0.474. The van der Waals surface area contributed by atoms with E-state index in [0.29, 0.717) is 0 Å². The molecule has 4 nitrogen and oxygen atoms in total. The van der Waals surface area contributed by atoms with E-state index in [1.165, 1.54) is 23.4 Å². The molecule has 0 saturated heterocycles. The van der Waals surface area contributed by atoms with Crippen LogP contribution in [0.1, 0.15) is 42.8 Å². The molecule has 0 fully saturated rings. The Morgan fingerprint density at radius 2 is 2.04 bits per heavy atom. The number of aryl methyl sites for hydroxylation is 2. The van der Waals surface area contributed by atoms with Crippen molar-refractivity contribution in [1.29, 1.82) is 0 Å². The standard InChI is InChI=1S/C18H23N3OS/c1-3-21(4-2)14-10-9-13(16(22)11-14)12-19-18-20-15-7-5-6-8-17(15)23-18/h9-12,22H,3-8H2,1-2H3. The maximum Gasteiger partial charge on any atom is 0.209 e. The van der Waals surface area contributed by atoms with Crippen molar-refractivity contribution in [3.8, 4) is 5.75 Å². The lowest BCUT2D eigenvalue weighted by Crippen LogP contribution is -2.21. The highest BCUT2D eigenvalue weighted by molar-refractivity contribution is 7.15. The Hall–Kier alpha value is -1.88. The van der Waals surface area contributed by atoms with Gasteiger partial charge in [-0.2, -0.15) is 0 Å². The van der Waals surface area contributed by atoms with Crippen molar-refractivity contribution in [2.45, 2.75) is 39.5 Å². The number of phenols is 1. The van der Waals surface area contributed by atoms with Crippen molar-refractivity contribution in [3.63, 3.8) is 0 Å². The van der Waals surface area contributed by atoms with Crippen LogP contribution in [0.4, 0.5) is 10.8 Å². The number of hydrogen-bond acceptors (Lipinski definition) is 5. The molecular formula is C18H23N3OS. The van der Waals surface area contributed by atoms with Gasteiger partial charge in [-0.25, -0.2) is 9.98 Å². The third-order valence-electron chi connectivity index (χ3n) is 4.29. The van der Waals surface area contributed by atoms with Gasteiger partial charge in [-0.1, -0.05) is 11.3 Å². The highest BCUT2D eigenvalue weighted by Crippen LogP contribution is 2.31. The van der Waals surface area contributed by atoms with E-state index in [2.05, 4.69) is 28.7 Å². The lowest BCUT2D eigenvalue weighted by Gasteiger charge is -2.21. The Labute approximate surface area is 141 Å². The normalized spacial score (nSPS) is 14.2. The van der Waals surface area contributed by atoms with Crippen molar-refractivity contribution in [2.75, 3.05) is 18.0 Å². The second-order valence-electron chi connectivity index (χ2n) is 5.75. The van der Waals surface area contributed by atoms with E-state index >= 15 is 0 Å². The summed E-state index contributed by atoms with van der Waals surface area (Å²) in [5, 5.41) is 11.0. The zero-order chi connectivity index (χ0) is 16.2. The van der Waals surface area contributed by atoms with Crippen LogP contribution in [0.2, 0.25) is 0 Å². The molecule has 0 atom stereocenters. The van der Waals surface area contributed by atoms with E-state index in [4.69, 9.17) is 0 Å².